The summed E-state index contributed by atoms with van der Waals surface area (Å²) in [6.07, 6.45) is 1.10. The molecule has 4 heterocycles. The van der Waals surface area contributed by atoms with Crippen molar-refractivity contribution in [3.05, 3.63) is 48.2 Å². The molecule has 0 saturated carbocycles. The summed E-state index contributed by atoms with van der Waals surface area (Å²) < 4.78 is 35.5. The molecule has 0 spiro atoms. The van der Waals surface area contributed by atoms with Gasteiger partial charge in [-0.1, -0.05) is 0 Å². The number of aromatic amines is 1. The number of hydrogen-bond acceptors (Lipinski definition) is 8. The summed E-state index contributed by atoms with van der Waals surface area (Å²) in [5, 5.41) is 15.1. The Bertz CT molecular complexity index is 1450. The van der Waals surface area contributed by atoms with E-state index in [4.69, 9.17) is 4.74 Å². The molecule has 0 atom stereocenters. The smallest absolute Gasteiger partial charge is 0.227 e. The number of nitrogens with zero attached hydrogens (tertiary/aromatic N) is 5. The third kappa shape index (κ3) is 4.39. The molecule has 0 aliphatic carbocycles. The summed E-state index contributed by atoms with van der Waals surface area (Å²) in [4.78, 5) is 12.8. The summed E-state index contributed by atoms with van der Waals surface area (Å²) >= 11 is 0. The van der Waals surface area contributed by atoms with Gasteiger partial charge in [0.15, 0.2) is 23.2 Å². The van der Waals surface area contributed by atoms with Gasteiger partial charge in [0, 0.05) is 48.9 Å². The minimum atomic E-state index is -0.635. The molecule has 9 nitrogen and oxygen atoms in total. The van der Waals surface area contributed by atoms with Crippen molar-refractivity contribution < 1.29 is 13.5 Å². The maximum atomic E-state index is 15.0. The highest BCUT2D eigenvalue weighted by molar-refractivity contribution is 5.93. The Morgan fingerprint density at radius 1 is 1.05 bits per heavy atom. The van der Waals surface area contributed by atoms with Crippen LogP contribution in [0.2, 0.25) is 0 Å². The van der Waals surface area contributed by atoms with E-state index in [2.05, 4.69) is 35.7 Å². The van der Waals surface area contributed by atoms with Gasteiger partial charge in [-0.3, -0.25) is 5.10 Å². The molecular weight excluding hydrogens is 478 g/mol. The second-order valence-electron chi connectivity index (χ2n) is 9.50. The van der Waals surface area contributed by atoms with Crippen LogP contribution in [0.1, 0.15) is 13.8 Å². The number of piperazine rings is 1. The van der Waals surface area contributed by atoms with E-state index in [1.807, 2.05) is 36.9 Å². The first kappa shape index (κ1) is 23.4. The Balaban J connectivity index is 1.33. The highest BCUT2D eigenvalue weighted by Crippen LogP contribution is 2.39. The second-order valence-corrected chi connectivity index (χ2v) is 9.50. The molecule has 0 amide bonds. The Hall–Kier alpha value is -3.99. The van der Waals surface area contributed by atoms with Gasteiger partial charge in [-0.25, -0.2) is 18.7 Å². The normalized spacial score (nSPS) is 15.7. The van der Waals surface area contributed by atoms with Gasteiger partial charge in [0.2, 0.25) is 5.95 Å². The van der Waals surface area contributed by atoms with Gasteiger partial charge in [-0.15, -0.1) is 0 Å². The van der Waals surface area contributed by atoms with Gasteiger partial charge >= 0.3 is 0 Å². The SMILES string of the molecule is CC(C)N1CCOc2c(F)cc(-c3nc(Nc4ccc5[nH]nc(N6CCNCC6)c5c4)ncc3F)cc21. The molecule has 4 aromatic rings. The Morgan fingerprint density at radius 3 is 2.70 bits per heavy atom. The van der Waals surface area contributed by atoms with Crippen LogP contribution in [0.15, 0.2) is 36.5 Å². The zero-order valence-corrected chi connectivity index (χ0v) is 20.7. The lowest BCUT2D eigenvalue weighted by atomic mass is 10.1. The summed E-state index contributed by atoms with van der Waals surface area (Å²) in [6, 6.07) is 8.90. The maximum absolute atomic E-state index is 15.0. The molecule has 192 valence electrons. The van der Waals surface area contributed by atoms with Crippen molar-refractivity contribution in [3.8, 4) is 17.0 Å². The standard InChI is InChI=1S/C26H28F2N8O/c1-15(2)36-9-10-37-24-19(27)11-16(12-22(24)36)23-20(28)14-30-26(32-23)31-17-3-4-21-18(13-17)25(34-33-21)35-7-5-29-6-8-35/h3-4,11-15,29H,5-10H2,1-2H3,(H,33,34)(H,30,31,32). The highest BCUT2D eigenvalue weighted by atomic mass is 19.1. The summed E-state index contributed by atoms with van der Waals surface area (Å²) in [5.41, 5.74) is 2.58. The number of hydrogen-bond donors (Lipinski definition) is 3. The number of aromatic nitrogens is 4. The lowest BCUT2D eigenvalue weighted by molar-refractivity contribution is 0.287. The van der Waals surface area contributed by atoms with Crippen LogP contribution < -0.4 is 25.2 Å². The summed E-state index contributed by atoms with van der Waals surface area (Å²) in [6.45, 7) is 8.63. The third-order valence-electron chi connectivity index (χ3n) is 6.77. The van der Waals surface area contributed by atoms with E-state index in [1.165, 1.54) is 6.07 Å². The van der Waals surface area contributed by atoms with Crippen LogP contribution in [0.25, 0.3) is 22.2 Å². The molecule has 2 aliphatic heterocycles. The number of benzene rings is 2. The van der Waals surface area contributed by atoms with E-state index in [1.54, 1.807) is 6.07 Å². The molecular formula is C26H28F2N8O. The fraction of sp³-hybridized carbons (Fsp3) is 0.346. The fourth-order valence-corrected chi connectivity index (χ4v) is 4.93. The number of H-pyrrole nitrogens is 1. The van der Waals surface area contributed by atoms with Crippen LogP contribution in [0.4, 0.5) is 31.9 Å². The molecule has 2 aliphatic rings. The average molecular weight is 507 g/mol. The number of anilines is 4. The monoisotopic (exact) mass is 506 g/mol. The number of ether oxygens (including phenoxy) is 1. The first-order chi connectivity index (χ1) is 18.0. The molecule has 37 heavy (non-hydrogen) atoms. The number of halogens is 2. The molecule has 1 fully saturated rings. The van der Waals surface area contributed by atoms with Gasteiger partial charge in [0.25, 0.3) is 0 Å². The van der Waals surface area contributed by atoms with Crippen molar-refractivity contribution >= 4 is 34.0 Å². The molecule has 3 N–H and O–H groups in total. The molecule has 2 aromatic carbocycles. The van der Waals surface area contributed by atoms with Crippen molar-refractivity contribution in [2.45, 2.75) is 19.9 Å². The van der Waals surface area contributed by atoms with Crippen LogP contribution in [0.3, 0.4) is 0 Å². The van der Waals surface area contributed by atoms with Gasteiger partial charge < -0.3 is 25.2 Å². The van der Waals surface area contributed by atoms with E-state index in [-0.39, 0.29) is 23.4 Å². The Kier molecular flexibility index (Phi) is 5.99. The van der Waals surface area contributed by atoms with Crippen molar-refractivity contribution in [3.63, 3.8) is 0 Å². The molecule has 0 bridgehead atoms. The van der Waals surface area contributed by atoms with Crippen LogP contribution >= 0.6 is 0 Å². The van der Waals surface area contributed by atoms with Gasteiger partial charge in [0.1, 0.15) is 12.3 Å². The first-order valence-corrected chi connectivity index (χ1v) is 12.4. The van der Waals surface area contributed by atoms with E-state index in [0.717, 1.165) is 54.8 Å². The number of fused-ring (bicyclic) bond motifs is 2. The fourth-order valence-electron chi connectivity index (χ4n) is 4.93. The van der Waals surface area contributed by atoms with Gasteiger partial charge in [-0.2, -0.15) is 5.10 Å². The van der Waals surface area contributed by atoms with E-state index < -0.39 is 11.6 Å². The third-order valence-corrected chi connectivity index (χ3v) is 6.77. The van der Waals surface area contributed by atoms with E-state index >= 15 is 0 Å². The molecule has 6 rings (SSSR count). The lowest BCUT2D eigenvalue weighted by Gasteiger charge is -2.34. The zero-order valence-electron chi connectivity index (χ0n) is 20.7. The molecule has 0 radical (unpaired) electrons. The van der Waals surface area contributed by atoms with Crippen molar-refractivity contribution in [2.75, 3.05) is 54.4 Å². The second kappa shape index (κ2) is 9.47. The van der Waals surface area contributed by atoms with Crippen molar-refractivity contribution in [1.82, 2.24) is 25.5 Å². The Labute approximate surface area is 212 Å². The largest absolute Gasteiger partial charge is 0.486 e. The van der Waals surface area contributed by atoms with Crippen molar-refractivity contribution in [1.29, 1.82) is 0 Å². The highest BCUT2D eigenvalue weighted by Gasteiger charge is 2.26. The predicted molar refractivity (Wildman–Crippen MR) is 140 cm³/mol. The van der Waals surface area contributed by atoms with Gasteiger partial charge in [-0.05, 0) is 44.2 Å². The maximum Gasteiger partial charge on any atom is 0.227 e. The minimum absolute atomic E-state index is 0.0133. The van der Waals surface area contributed by atoms with Gasteiger partial charge in [0.05, 0.1) is 23.9 Å². The van der Waals surface area contributed by atoms with E-state index in [0.29, 0.717) is 24.4 Å². The van der Waals surface area contributed by atoms with Crippen LogP contribution in [0, 0.1) is 11.6 Å². The van der Waals surface area contributed by atoms with Crippen LogP contribution in [0.5, 0.6) is 5.75 Å². The number of rotatable bonds is 5. The first-order valence-electron chi connectivity index (χ1n) is 12.4. The quantitative estimate of drug-likeness (QED) is 0.373. The van der Waals surface area contributed by atoms with E-state index in [9.17, 15) is 8.78 Å². The zero-order chi connectivity index (χ0) is 25.5. The predicted octanol–water partition coefficient (Wildman–Crippen LogP) is 4.06. The minimum Gasteiger partial charge on any atom is -0.486 e. The lowest BCUT2D eigenvalue weighted by Crippen LogP contribution is -2.43. The topological polar surface area (TPSA) is 94.2 Å². The summed E-state index contributed by atoms with van der Waals surface area (Å²) in [5.74, 6) is 0.103. The van der Waals surface area contributed by atoms with Crippen molar-refractivity contribution in [2.24, 2.45) is 0 Å². The molecule has 1 saturated heterocycles. The molecule has 0 unspecified atom stereocenters. The van der Waals surface area contributed by atoms with Crippen LogP contribution in [-0.4, -0.2) is 65.5 Å². The molecule has 2 aromatic heterocycles. The summed E-state index contributed by atoms with van der Waals surface area (Å²) in [7, 11) is 0. The van der Waals surface area contributed by atoms with Crippen LogP contribution in [-0.2, 0) is 0 Å². The Morgan fingerprint density at radius 2 is 1.89 bits per heavy atom. The number of nitrogens with one attached hydrogen (secondary N) is 3. The average Bonchev–Trinajstić information content (AvgIpc) is 3.33. The molecule has 11 heteroatoms.